The first-order valence-corrected chi connectivity index (χ1v) is 13.9. The number of hydrogen-bond acceptors (Lipinski definition) is 4. The molecule has 42 heavy (non-hydrogen) atoms. The van der Waals surface area contributed by atoms with Crippen LogP contribution in [0, 0.1) is 0 Å². The van der Waals surface area contributed by atoms with Crippen molar-refractivity contribution in [1.29, 1.82) is 0 Å². The molecule has 0 fully saturated rings. The van der Waals surface area contributed by atoms with E-state index in [1.54, 1.807) is 0 Å². The third-order valence-corrected chi connectivity index (χ3v) is 7.96. The largest absolute Gasteiger partial charge is 0.275 e. The van der Waals surface area contributed by atoms with Crippen LogP contribution in [-0.2, 0) is 0 Å². The van der Waals surface area contributed by atoms with E-state index in [9.17, 15) is 0 Å². The van der Waals surface area contributed by atoms with Gasteiger partial charge < -0.3 is 0 Å². The second kappa shape index (κ2) is 8.81. The van der Waals surface area contributed by atoms with Crippen LogP contribution < -0.4 is 0 Å². The predicted octanol–water partition coefficient (Wildman–Crippen LogP) is 8.26. The molecule has 0 saturated heterocycles. The Morgan fingerprint density at radius 3 is 1.52 bits per heavy atom. The van der Waals surface area contributed by atoms with Crippen LogP contribution in [0.15, 0.2) is 133 Å². The topological polar surface area (TPSA) is 60.9 Å². The van der Waals surface area contributed by atoms with Crippen LogP contribution in [0.5, 0.6) is 0 Å². The van der Waals surface area contributed by atoms with E-state index in [0.717, 1.165) is 49.7 Å². The minimum atomic E-state index is 0.526. The van der Waals surface area contributed by atoms with Crippen molar-refractivity contribution in [3.63, 3.8) is 0 Å². The molecule has 0 N–H and O–H groups in total. The first-order chi connectivity index (χ1) is 20.8. The van der Waals surface area contributed by atoms with Gasteiger partial charge in [-0.25, -0.2) is 14.5 Å². The standard InChI is InChI=1S/C36H22N6/c1-3-13-23(14-4-1)33-38-34(24-15-5-2-6-16-24)40-35(39-33)42-32-28-20-10-8-18-26(28)25-17-7-9-19-27(25)31(32)41-30-22-12-11-21-29(30)37-36(41)42/h1-22H. The van der Waals surface area contributed by atoms with Crippen LogP contribution in [-0.4, -0.2) is 28.9 Å². The molecule has 3 heterocycles. The smallest absolute Gasteiger partial charge is 0.241 e. The molecule has 9 rings (SSSR count). The van der Waals surface area contributed by atoms with E-state index in [0.29, 0.717) is 17.6 Å². The molecule has 0 radical (unpaired) electrons. The van der Waals surface area contributed by atoms with E-state index in [4.69, 9.17) is 19.9 Å². The summed E-state index contributed by atoms with van der Waals surface area (Å²) in [6, 6.07) is 45.6. The highest BCUT2D eigenvalue weighted by Gasteiger charge is 2.24. The molecule has 196 valence electrons. The van der Waals surface area contributed by atoms with Gasteiger partial charge in [-0.2, -0.15) is 9.97 Å². The molecule has 0 amide bonds. The molecular formula is C36H22N6. The lowest BCUT2D eigenvalue weighted by Gasteiger charge is -2.12. The van der Waals surface area contributed by atoms with Crippen LogP contribution in [0.25, 0.3) is 78.1 Å². The zero-order valence-corrected chi connectivity index (χ0v) is 22.4. The molecule has 6 heteroatoms. The quantitative estimate of drug-likeness (QED) is 0.213. The van der Waals surface area contributed by atoms with Gasteiger partial charge in [-0.05, 0) is 22.9 Å². The van der Waals surface area contributed by atoms with E-state index in [2.05, 4.69) is 75.7 Å². The van der Waals surface area contributed by atoms with Gasteiger partial charge in [0.05, 0.1) is 22.1 Å². The molecule has 6 aromatic carbocycles. The normalized spacial score (nSPS) is 11.8. The number of aromatic nitrogens is 6. The maximum atomic E-state index is 5.17. The van der Waals surface area contributed by atoms with Gasteiger partial charge in [-0.15, -0.1) is 0 Å². The molecule has 0 aliphatic rings. The minimum absolute atomic E-state index is 0.526. The summed E-state index contributed by atoms with van der Waals surface area (Å²) in [5.41, 5.74) is 5.90. The zero-order chi connectivity index (χ0) is 27.6. The molecule has 0 aliphatic carbocycles. The Kier molecular flexibility index (Phi) is 4.80. The molecule has 0 saturated carbocycles. The highest BCUT2D eigenvalue weighted by Crippen LogP contribution is 2.39. The molecule has 0 aliphatic heterocycles. The lowest BCUT2D eigenvalue weighted by molar-refractivity contribution is 0.939. The van der Waals surface area contributed by atoms with Gasteiger partial charge in [0.25, 0.3) is 0 Å². The van der Waals surface area contributed by atoms with Crippen LogP contribution in [0.1, 0.15) is 0 Å². The van der Waals surface area contributed by atoms with Crippen molar-refractivity contribution in [2.24, 2.45) is 0 Å². The molecule has 9 aromatic rings. The lowest BCUT2D eigenvalue weighted by atomic mass is 10.00. The molecule has 0 atom stereocenters. The molecular weight excluding hydrogens is 516 g/mol. The summed E-state index contributed by atoms with van der Waals surface area (Å²) in [6.07, 6.45) is 0. The third kappa shape index (κ3) is 3.26. The summed E-state index contributed by atoms with van der Waals surface area (Å²) in [4.78, 5) is 20.3. The Morgan fingerprint density at radius 1 is 0.405 bits per heavy atom. The van der Waals surface area contributed by atoms with Crippen LogP contribution in [0.4, 0.5) is 0 Å². The highest BCUT2D eigenvalue weighted by molar-refractivity contribution is 6.25. The zero-order valence-electron chi connectivity index (χ0n) is 22.4. The Bertz CT molecular complexity index is 2400. The minimum Gasteiger partial charge on any atom is -0.275 e. The number of hydrogen-bond donors (Lipinski definition) is 0. The molecule has 6 nitrogen and oxygen atoms in total. The second-order valence-corrected chi connectivity index (χ2v) is 10.4. The molecule has 0 spiro atoms. The third-order valence-electron chi connectivity index (χ3n) is 7.96. The van der Waals surface area contributed by atoms with E-state index in [1.165, 1.54) is 10.8 Å². The fraction of sp³-hybridized carbons (Fsp3) is 0. The number of fused-ring (bicyclic) bond motifs is 10. The first-order valence-electron chi connectivity index (χ1n) is 13.9. The molecule has 0 unspecified atom stereocenters. The lowest BCUT2D eigenvalue weighted by Crippen LogP contribution is -2.07. The van der Waals surface area contributed by atoms with Crippen molar-refractivity contribution in [2.45, 2.75) is 0 Å². The van der Waals surface area contributed by atoms with Gasteiger partial charge >= 0.3 is 0 Å². The Labute approximate surface area is 240 Å². The second-order valence-electron chi connectivity index (χ2n) is 10.4. The first kappa shape index (κ1) is 22.9. The van der Waals surface area contributed by atoms with Crippen molar-refractivity contribution in [3.8, 4) is 28.7 Å². The Morgan fingerprint density at radius 2 is 0.905 bits per heavy atom. The number of para-hydroxylation sites is 2. The van der Waals surface area contributed by atoms with Crippen molar-refractivity contribution in [2.75, 3.05) is 0 Å². The van der Waals surface area contributed by atoms with Crippen LogP contribution >= 0.6 is 0 Å². The average molecular weight is 539 g/mol. The summed E-state index contributed by atoms with van der Waals surface area (Å²) in [5.74, 6) is 2.51. The Balaban J connectivity index is 1.51. The van der Waals surface area contributed by atoms with Gasteiger partial charge in [0.15, 0.2) is 11.6 Å². The molecule has 3 aromatic heterocycles. The summed E-state index contributed by atoms with van der Waals surface area (Å²) in [7, 11) is 0. The van der Waals surface area contributed by atoms with E-state index in [-0.39, 0.29) is 0 Å². The summed E-state index contributed by atoms with van der Waals surface area (Å²) >= 11 is 0. The van der Waals surface area contributed by atoms with Crippen molar-refractivity contribution < 1.29 is 0 Å². The number of imidazole rings is 2. The number of rotatable bonds is 3. The van der Waals surface area contributed by atoms with Crippen molar-refractivity contribution in [3.05, 3.63) is 133 Å². The van der Waals surface area contributed by atoms with Crippen LogP contribution in [0.3, 0.4) is 0 Å². The average Bonchev–Trinajstić information content (AvgIpc) is 3.60. The van der Waals surface area contributed by atoms with E-state index >= 15 is 0 Å². The fourth-order valence-corrected chi connectivity index (χ4v) is 6.13. The summed E-state index contributed by atoms with van der Waals surface area (Å²) < 4.78 is 4.37. The van der Waals surface area contributed by atoms with Crippen molar-refractivity contribution in [1.82, 2.24) is 28.9 Å². The highest BCUT2D eigenvalue weighted by atomic mass is 15.3. The summed E-state index contributed by atoms with van der Waals surface area (Å²) in [6.45, 7) is 0. The summed E-state index contributed by atoms with van der Waals surface area (Å²) in [5, 5.41) is 4.64. The number of benzene rings is 6. The fourth-order valence-electron chi connectivity index (χ4n) is 6.13. The van der Waals surface area contributed by atoms with Crippen molar-refractivity contribution >= 4 is 49.4 Å². The van der Waals surface area contributed by atoms with Crippen LogP contribution in [0.2, 0.25) is 0 Å². The predicted molar refractivity (Wildman–Crippen MR) is 169 cm³/mol. The molecule has 0 bridgehead atoms. The number of nitrogens with zero attached hydrogens (tertiary/aromatic N) is 6. The van der Waals surface area contributed by atoms with E-state index < -0.39 is 0 Å². The SMILES string of the molecule is c1ccc(-c2nc(-c3ccccc3)nc(-n3c4c5ccccc5c5ccccc5c4n4c5ccccc5nc34)n2)cc1. The van der Waals surface area contributed by atoms with Gasteiger partial charge in [0.2, 0.25) is 11.7 Å². The van der Waals surface area contributed by atoms with Gasteiger partial charge in [-0.3, -0.25) is 4.40 Å². The maximum Gasteiger partial charge on any atom is 0.241 e. The van der Waals surface area contributed by atoms with Gasteiger partial charge in [0, 0.05) is 21.9 Å². The van der Waals surface area contributed by atoms with Gasteiger partial charge in [0.1, 0.15) is 0 Å². The monoisotopic (exact) mass is 538 g/mol. The van der Waals surface area contributed by atoms with E-state index in [1.807, 2.05) is 66.7 Å². The Hall–Kier alpha value is -5.88. The van der Waals surface area contributed by atoms with Gasteiger partial charge in [-0.1, -0.05) is 121 Å². The maximum absolute atomic E-state index is 5.17.